The summed E-state index contributed by atoms with van der Waals surface area (Å²) in [6.07, 6.45) is 0. The summed E-state index contributed by atoms with van der Waals surface area (Å²) >= 11 is 1.57. The predicted molar refractivity (Wildman–Crippen MR) is 124 cm³/mol. The van der Waals surface area contributed by atoms with Gasteiger partial charge in [0.15, 0.2) is 5.16 Å². The van der Waals surface area contributed by atoms with E-state index in [1.165, 1.54) is 16.7 Å². The first-order chi connectivity index (χ1) is 14.6. The molecule has 0 atom stereocenters. The van der Waals surface area contributed by atoms with E-state index in [4.69, 9.17) is 9.72 Å². The molecule has 0 spiro atoms. The molecule has 152 valence electrons. The van der Waals surface area contributed by atoms with E-state index < -0.39 is 0 Å². The Morgan fingerprint density at radius 2 is 1.73 bits per heavy atom. The quantitative estimate of drug-likeness (QED) is 0.299. The van der Waals surface area contributed by atoms with Crippen molar-refractivity contribution in [3.8, 4) is 11.4 Å². The van der Waals surface area contributed by atoms with Crippen LogP contribution in [0.5, 0.6) is 5.75 Å². The summed E-state index contributed by atoms with van der Waals surface area (Å²) in [6, 6.07) is 21.6. The number of ether oxygens (including phenoxy) is 1. The molecular formula is C25H24N2O2S. The first-order valence-electron chi connectivity index (χ1n) is 10.0. The molecule has 30 heavy (non-hydrogen) atoms. The van der Waals surface area contributed by atoms with Crippen LogP contribution in [0.4, 0.5) is 0 Å². The van der Waals surface area contributed by atoms with Crippen molar-refractivity contribution in [1.82, 2.24) is 9.55 Å². The average Bonchev–Trinajstić information content (AvgIpc) is 2.76. The van der Waals surface area contributed by atoms with Gasteiger partial charge in [0.1, 0.15) is 5.75 Å². The number of fused-ring (bicyclic) bond motifs is 1. The average molecular weight is 417 g/mol. The zero-order valence-electron chi connectivity index (χ0n) is 17.4. The lowest BCUT2D eigenvalue weighted by molar-refractivity contribution is 0.340. The van der Waals surface area contributed by atoms with E-state index in [9.17, 15) is 4.79 Å². The fourth-order valence-electron chi connectivity index (χ4n) is 3.34. The van der Waals surface area contributed by atoms with Crippen LogP contribution in [0, 0.1) is 13.8 Å². The minimum atomic E-state index is -0.0626. The molecule has 0 bridgehead atoms. The van der Waals surface area contributed by atoms with Crippen molar-refractivity contribution in [3.63, 3.8) is 0 Å². The molecule has 5 heteroatoms. The van der Waals surface area contributed by atoms with Gasteiger partial charge in [-0.1, -0.05) is 42.1 Å². The molecule has 4 rings (SSSR count). The van der Waals surface area contributed by atoms with E-state index in [0.717, 1.165) is 17.2 Å². The SMILES string of the molecule is CCOc1ccc(-n2c(SCc3ccc(C)c(C)c3)nc3ccccc3c2=O)cc1. The number of benzene rings is 3. The van der Waals surface area contributed by atoms with Crippen molar-refractivity contribution >= 4 is 22.7 Å². The van der Waals surface area contributed by atoms with Gasteiger partial charge in [-0.25, -0.2) is 4.98 Å². The molecule has 0 amide bonds. The zero-order valence-corrected chi connectivity index (χ0v) is 18.2. The summed E-state index contributed by atoms with van der Waals surface area (Å²) in [6.45, 7) is 6.79. The molecule has 0 aliphatic heterocycles. The summed E-state index contributed by atoms with van der Waals surface area (Å²) < 4.78 is 7.24. The minimum absolute atomic E-state index is 0.0626. The van der Waals surface area contributed by atoms with Crippen LogP contribution in [0.25, 0.3) is 16.6 Å². The summed E-state index contributed by atoms with van der Waals surface area (Å²) in [5.74, 6) is 1.52. The van der Waals surface area contributed by atoms with Gasteiger partial charge in [0.05, 0.1) is 23.2 Å². The van der Waals surface area contributed by atoms with E-state index in [1.807, 2.05) is 55.5 Å². The highest BCUT2D eigenvalue weighted by Crippen LogP contribution is 2.26. The molecule has 0 fully saturated rings. The largest absolute Gasteiger partial charge is 0.494 e. The maximum absolute atomic E-state index is 13.3. The van der Waals surface area contributed by atoms with Crippen molar-refractivity contribution in [2.24, 2.45) is 0 Å². The molecule has 0 saturated carbocycles. The van der Waals surface area contributed by atoms with E-state index in [0.29, 0.717) is 22.7 Å². The van der Waals surface area contributed by atoms with Crippen molar-refractivity contribution in [1.29, 1.82) is 0 Å². The molecule has 1 heterocycles. The molecule has 0 unspecified atom stereocenters. The van der Waals surface area contributed by atoms with E-state index in [2.05, 4.69) is 32.0 Å². The van der Waals surface area contributed by atoms with Gasteiger partial charge in [-0.15, -0.1) is 0 Å². The van der Waals surface area contributed by atoms with E-state index in [1.54, 1.807) is 16.3 Å². The molecule has 0 aliphatic rings. The third-order valence-electron chi connectivity index (χ3n) is 5.09. The number of para-hydroxylation sites is 1. The van der Waals surface area contributed by atoms with Crippen molar-refractivity contribution < 1.29 is 4.74 Å². The van der Waals surface area contributed by atoms with Gasteiger partial charge in [0, 0.05) is 5.75 Å². The van der Waals surface area contributed by atoms with Gasteiger partial charge in [0.25, 0.3) is 5.56 Å². The third kappa shape index (κ3) is 4.12. The molecule has 4 nitrogen and oxygen atoms in total. The van der Waals surface area contributed by atoms with Crippen LogP contribution in [-0.2, 0) is 5.75 Å². The molecule has 4 aromatic rings. The Morgan fingerprint density at radius 1 is 0.967 bits per heavy atom. The van der Waals surface area contributed by atoms with E-state index >= 15 is 0 Å². The zero-order chi connectivity index (χ0) is 21.1. The van der Waals surface area contributed by atoms with Crippen LogP contribution in [0.15, 0.2) is 76.7 Å². The number of hydrogen-bond donors (Lipinski definition) is 0. The summed E-state index contributed by atoms with van der Waals surface area (Å²) in [5.41, 5.74) is 5.19. The minimum Gasteiger partial charge on any atom is -0.494 e. The van der Waals surface area contributed by atoms with Crippen LogP contribution >= 0.6 is 11.8 Å². The summed E-state index contributed by atoms with van der Waals surface area (Å²) in [5, 5.41) is 1.29. The number of aryl methyl sites for hydroxylation is 2. The van der Waals surface area contributed by atoms with Gasteiger partial charge in [-0.05, 0) is 73.9 Å². The maximum Gasteiger partial charge on any atom is 0.266 e. The van der Waals surface area contributed by atoms with Crippen LogP contribution in [-0.4, -0.2) is 16.2 Å². The normalized spacial score (nSPS) is 11.0. The number of rotatable bonds is 6. The van der Waals surface area contributed by atoms with Crippen molar-refractivity contribution in [3.05, 3.63) is 93.8 Å². The molecule has 0 N–H and O–H groups in total. The Balaban J connectivity index is 1.77. The third-order valence-corrected chi connectivity index (χ3v) is 6.10. The first-order valence-corrected chi connectivity index (χ1v) is 11.0. The van der Waals surface area contributed by atoms with Crippen LogP contribution < -0.4 is 10.3 Å². The first kappa shape index (κ1) is 20.2. The Labute approximate surface area is 180 Å². The second-order valence-electron chi connectivity index (χ2n) is 7.19. The van der Waals surface area contributed by atoms with Crippen LogP contribution in [0.1, 0.15) is 23.6 Å². The van der Waals surface area contributed by atoms with E-state index in [-0.39, 0.29) is 5.56 Å². The lowest BCUT2D eigenvalue weighted by Crippen LogP contribution is -2.21. The number of aromatic nitrogens is 2. The number of hydrogen-bond acceptors (Lipinski definition) is 4. The fourth-order valence-corrected chi connectivity index (χ4v) is 4.29. The highest BCUT2D eigenvalue weighted by Gasteiger charge is 2.14. The second-order valence-corrected chi connectivity index (χ2v) is 8.13. The Hall–Kier alpha value is -3.05. The van der Waals surface area contributed by atoms with Crippen LogP contribution in [0.3, 0.4) is 0 Å². The second kappa shape index (κ2) is 8.76. The summed E-state index contributed by atoms with van der Waals surface area (Å²) in [7, 11) is 0. The fraction of sp³-hybridized carbons (Fsp3) is 0.200. The van der Waals surface area contributed by atoms with Crippen molar-refractivity contribution in [2.75, 3.05) is 6.61 Å². The lowest BCUT2D eigenvalue weighted by Gasteiger charge is -2.14. The smallest absolute Gasteiger partial charge is 0.266 e. The summed E-state index contributed by atoms with van der Waals surface area (Å²) in [4.78, 5) is 18.2. The topological polar surface area (TPSA) is 44.1 Å². The van der Waals surface area contributed by atoms with Crippen LogP contribution in [0.2, 0.25) is 0 Å². The molecule has 0 radical (unpaired) electrons. The lowest BCUT2D eigenvalue weighted by atomic mass is 10.1. The molecule has 0 aliphatic carbocycles. The Bertz CT molecular complexity index is 1250. The maximum atomic E-state index is 13.3. The molecule has 3 aromatic carbocycles. The highest BCUT2D eigenvalue weighted by atomic mass is 32.2. The predicted octanol–water partition coefficient (Wildman–Crippen LogP) is 5.69. The Kier molecular flexibility index (Phi) is 5.91. The highest BCUT2D eigenvalue weighted by molar-refractivity contribution is 7.98. The Morgan fingerprint density at radius 3 is 2.47 bits per heavy atom. The van der Waals surface area contributed by atoms with Gasteiger partial charge in [0.2, 0.25) is 0 Å². The van der Waals surface area contributed by atoms with Gasteiger partial charge >= 0.3 is 0 Å². The van der Waals surface area contributed by atoms with Crippen molar-refractivity contribution in [2.45, 2.75) is 31.7 Å². The molecule has 0 saturated heterocycles. The van der Waals surface area contributed by atoms with Gasteiger partial charge in [-0.2, -0.15) is 0 Å². The molecular weight excluding hydrogens is 392 g/mol. The molecule has 1 aromatic heterocycles. The number of nitrogens with zero attached hydrogens (tertiary/aromatic N) is 2. The monoisotopic (exact) mass is 416 g/mol. The standard InChI is InChI=1S/C25H24N2O2S/c1-4-29-21-13-11-20(12-14-21)27-24(28)22-7-5-6-8-23(22)26-25(27)30-16-19-10-9-17(2)18(3)15-19/h5-15H,4,16H2,1-3H3. The van der Waals surface area contributed by atoms with Gasteiger partial charge < -0.3 is 4.74 Å². The number of thioether (sulfide) groups is 1. The van der Waals surface area contributed by atoms with Gasteiger partial charge in [-0.3, -0.25) is 9.36 Å².